The van der Waals surface area contributed by atoms with Gasteiger partial charge >= 0.3 is 0 Å². The van der Waals surface area contributed by atoms with Crippen molar-refractivity contribution >= 4 is 11.8 Å². The minimum absolute atomic E-state index is 0.0628. The van der Waals surface area contributed by atoms with E-state index < -0.39 is 0 Å². The number of nitrogens with one attached hydrogen (secondary N) is 1. The van der Waals surface area contributed by atoms with Crippen molar-refractivity contribution in [3.8, 4) is 5.88 Å². The molecule has 1 aliphatic heterocycles. The third-order valence-corrected chi connectivity index (χ3v) is 3.67. The second kappa shape index (κ2) is 7.24. The number of methoxy groups -OCH3 is 1. The first kappa shape index (κ1) is 16.3. The Bertz CT molecular complexity index is 545. The first-order valence-corrected chi connectivity index (χ1v) is 7.54. The summed E-state index contributed by atoms with van der Waals surface area (Å²) in [5, 5.41) is 2.87. The lowest BCUT2D eigenvalue weighted by Crippen LogP contribution is -2.33. The SMILES string of the molecule is COc1ncccc1CNC(=O)C1CC(=O)N(CC(C)C)C1. The van der Waals surface area contributed by atoms with Crippen LogP contribution in [0, 0.1) is 11.8 Å². The van der Waals surface area contributed by atoms with Gasteiger partial charge in [-0.1, -0.05) is 19.9 Å². The number of hydrogen-bond donors (Lipinski definition) is 1. The van der Waals surface area contributed by atoms with Crippen LogP contribution >= 0.6 is 0 Å². The number of amides is 2. The lowest BCUT2D eigenvalue weighted by Gasteiger charge is -2.18. The Kier molecular flexibility index (Phi) is 5.35. The molecule has 2 heterocycles. The van der Waals surface area contributed by atoms with E-state index in [1.807, 2.05) is 6.07 Å². The maximum atomic E-state index is 12.2. The zero-order valence-electron chi connectivity index (χ0n) is 13.3. The van der Waals surface area contributed by atoms with Crippen molar-refractivity contribution in [1.29, 1.82) is 0 Å². The number of pyridine rings is 1. The van der Waals surface area contributed by atoms with Gasteiger partial charge in [0.15, 0.2) is 0 Å². The molecule has 1 N–H and O–H groups in total. The fourth-order valence-electron chi connectivity index (χ4n) is 2.63. The zero-order chi connectivity index (χ0) is 16.1. The van der Waals surface area contributed by atoms with Crippen molar-refractivity contribution in [2.45, 2.75) is 26.8 Å². The summed E-state index contributed by atoms with van der Waals surface area (Å²) in [5.74, 6) is 0.615. The first-order chi connectivity index (χ1) is 10.5. The number of likely N-dealkylation sites (tertiary alicyclic amines) is 1. The molecule has 0 aliphatic carbocycles. The van der Waals surface area contributed by atoms with Gasteiger partial charge in [0.05, 0.1) is 13.0 Å². The molecule has 0 bridgehead atoms. The van der Waals surface area contributed by atoms with Crippen LogP contribution in [0.15, 0.2) is 18.3 Å². The van der Waals surface area contributed by atoms with E-state index in [-0.39, 0.29) is 17.7 Å². The quantitative estimate of drug-likeness (QED) is 0.857. The van der Waals surface area contributed by atoms with Gasteiger partial charge in [0.1, 0.15) is 0 Å². The zero-order valence-corrected chi connectivity index (χ0v) is 13.3. The van der Waals surface area contributed by atoms with Gasteiger partial charge in [-0.15, -0.1) is 0 Å². The van der Waals surface area contributed by atoms with Crippen molar-refractivity contribution in [2.24, 2.45) is 11.8 Å². The van der Waals surface area contributed by atoms with Gasteiger partial charge in [0, 0.05) is 37.8 Å². The molecule has 0 aromatic carbocycles. The fourth-order valence-corrected chi connectivity index (χ4v) is 2.63. The summed E-state index contributed by atoms with van der Waals surface area (Å²) >= 11 is 0. The maximum Gasteiger partial charge on any atom is 0.225 e. The van der Waals surface area contributed by atoms with Crippen molar-refractivity contribution in [3.05, 3.63) is 23.9 Å². The van der Waals surface area contributed by atoms with E-state index in [9.17, 15) is 9.59 Å². The highest BCUT2D eigenvalue weighted by atomic mass is 16.5. The van der Waals surface area contributed by atoms with Crippen molar-refractivity contribution in [2.75, 3.05) is 20.2 Å². The average molecular weight is 305 g/mol. The minimum atomic E-state index is -0.270. The molecule has 1 aliphatic rings. The molecule has 6 heteroatoms. The molecule has 1 aromatic heterocycles. The maximum absolute atomic E-state index is 12.2. The molecule has 0 spiro atoms. The molecule has 1 fully saturated rings. The largest absolute Gasteiger partial charge is 0.481 e. The molecular weight excluding hydrogens is 282 g/mol. The van der Waals surface area contributed by atoms with E-state index in [2.05, 4.69) is 24.1 Å². The van der Waals surface area contributed by atoms with E-state index in [1.54, 1.807) is 24.3 Å². The van der Waals surface area contributed by atoms with Crippen LogP contribution in [0.1, 0.15) is 25.8 Å². The highest BCUT2D eigenvalue weighted by Gasteiger charge is 2.34. The van der Waals surface area contributed by atoms with E-state index in [0.29, 0.717) is 37.9 Å². The number of carbonyl (C=O) groups is 2. The standard InChI is InChI=1S/C16H23N3O3/c1-11(2)9-19-10-13(7-14(19)20)15(21)18-8-12-5-4-6-17-16(12)22-3/h4-6,11,13H,7-10H2,1-3H3,(H,18,21). The summed E-state index contributed by atoms with van der Waals surface area (Å²) in [6.07, 6.45) is 1.94. The number of nitrogens with zero attached hydrogens (tertiary/aromatic N) is 2. The average Bonchev–Trinajstić information content (AvgIpc) is 2.85. The molecular formula is C16H23N3O3. The van der Waals surface area contributed by atoms with Crippen LogP contribution in [-0.2, 0) is 16.1 Å². The Morgan fingerprint density at radius 3 is 3.00 bits per heavy atom. The van der Waals surface area contributed by atoms with Crippen LogP contribution < -0.4 is 10.1 Å². The van der Waals surface area contributed by atoms with E-state index >= 15 is 0 Å². The Hall–Kier alpha value is -2.11. The van der Waals surface area contributed by atoms with Crippen molar-refractivity contribution in [3.63, 3.8) is 0 Å². The number of carbonyl (C=O) groups excluding carboxylic acids is 2. The van der Waals surface area contributed by atoms with Crippen molar-refractivity contribution < 1.29 is 14.3 Å². The normalized spacial score (nSPS) is 17.9. The van der Waals surface area contributed by atoms with Crippen LogP contribution in [-0.4, -0.2) is 41.9 Å². The Labute approximate surface area is 130 Å². The lowest BCUT2D eigenvalue weighted by atomic mass is 10.1. The Balaban J connectivity index is 1.89. The van der Waals surface area contributed by atoms with Crippen LogP contribution in [0.3, 0.4) is 0 Å². The number of aromatic nitrogens is 1. The number of rotatable bonds is 6. The summed E-state index contributed by atoms with van der Waals surface area (Å²) in [4.78, 5) is 30.0. The third kappa shape index (κ3) is 3.96. The topological polar surface area (TPSA) is 71.5 Å². The van der Waals surface area contributed by atoms with E-state index in [0.717, 1.165) is 5.56 Å². The predicted molar refractivity (Wildman–Crippen MR) is 82.2 cm³/mol. The summed E-state index contributed by atoms with van der Waals surface area (Å²) in [6, 6.07) is 3.66. The molecule has 6 nitrogen and oxygen atoms in total. The van der Waals surface area contributed by atoms with Gasteiger partial charge in [-0.05, 0) is 12.0 Å². The fraction of sp³-hybridized carbons (Fsp3) is 0.562. The molecule has 1 unspecified atom stereocenters. The first-order valence-electron chi connectivity index (χ1n) is 7.54. The molecule has 0 radical (unpaired) electrons. The summed E-state index contributed by atoms with van der Waals surface area (Å²) in [6.45, 7) is 5.70. The number of hydrogen-bond acceptors (Lipinski definition) is 4. The van der Waals surface area contributed by atoms with Crippen LogP contribution in [0.4, 0.5) is 0 Å². The summed E-state index contributed by atoms with van der Waals surface area (Å²) < 4.78 is 5.16. The van der Waals surface area contributed by atoms with E-state index in [4.69, 9.17) is 4.74 Å². The molecule has 1 aromatic rings. The lowest BCUT2D eigenvalue weighted by molar-refractivity contribution is -0.129. The Morgan fingerprint density at radius 2 is 2.32 bits per heavy atom. The third-order valence-electron chi connectivity index (χ3n) is 3.67. The van der Waals surface area contributed by atoms with Gasteiger partial charge in [-0.25, -0.2) is 4.98 Å². The van der Waals surface area contributed by atoms with Gasteiger partial charge < -0.3 is 15.0 Å². The van der Waals surface area contributed by atoms with Crippen molar-refractivity contribution in [1.82, 2.24) is 15.2 Å². The smallest absolute Gasteiger partial charge is 0.225 e. The molecule has 0 saturated carbocycles. The monoisotopic (exact) mass is 305 g/mol. The van der Waals surface area contributed by atoms with Crippen LogP contribution in [0.2, 0.25) is 0 Å². The molecule has 22 heavy (non-hydrogen) atoms. The molecule has 2 amide bonds. The van der Waals surface area contributed by atoms with Crippen LogP contribution in [0.25, 0.3) is 0 Å². The predicted octanol–water partition coefficient (Wildman–Crippen LogP) is 1.21. The second-order valence-electron chi connectivity index (χ2n) is 5.98. The van der Waals surface area contributed by atoms with E-state index in [1.165, 1.54) is 0 Å². The second-order valence-corrected chi connectivity index (χ2v) is 5.98. The van der Waals surface area contributed by atoms with Crippen LogP contribution in [0.5, 0.6) is 5.88 Å². The van der Waals surface area contributed by atoms with Gasteiger partial charge in [0.2, 0.25) is 17.7 Å². The molecule has 120 valence electrons. The minimum Gasteiger partial charge on any atom is -0.481 e. The van der Waals surface area contributed by atoms with Gasteiger partial charge in [0.25, 0.3) is 0 Å². The molecule has 2 rings (SSSR count). The Morgan fingerprint density at radius 1 is 1.55 bits per heavy atom. The summed E-state index contributed by atoms with van der Waals surface area (Å²) in [7, 11) is 1.55. The molecule has 1 saturated heterocycles. The highest BCUT2D eigenvalue weighted by Crippen LogP contribution is 2.20. The molecule has 1 atom stereocenters. The highest BCUT2D eigenvalue weighted by molar-refractivity contribution is 5.89. The number of ether oxygens (including phenoxy) is 1. The van der Waals surface area contributed by atoms with Gasteiger partial charge in [-0.2, -0.15) is 0 Å². The summed E-state index contributed by atoms with van der Waals surface area (Å²) in [5.41, 5.74) is 0.821. The van der Waals surface area contributed by atoms with Gasteiger partial charge in [-0.3, -0.25) is 9.59 Å².